The van der Waals surface area contributed by atoms with Gasteiger partial charge in [-0.15, -0.1) is 0 Å². The summed E-state index contributed by atoms with van der Waals surface area (Å²) in [7, 11) is 0. The molecule has 0 saturated carbocycles. The molecule has 1 aromatic carbocycles. The highest BCUT2D eigenvalue weighted by Gasteiger charge is 2.26. The van der Waals surface area contributed by atoms with E-state index >= 15 is 0 Å². The third kappa shape index (κ3) is 2.95. The number of rotatable bonds is 3. The van der Waals surface area contributed by atoms with Crippen molar-refractivity contribution >= 4 is 5.78 Å². The summed E-state index contributed by atoms with van der Waals surface area (Å²) in [5, 5.41) is 0. The van der Waals surface area contributed by atoms with Gasteiger partial charge in [0.05, 0.1) is 6.54 Å². The molecule has 1 heterocycles. The van der Waals surface area contributed by atoms with Gasteiger partial charge in [-0.05, 0) is 26.7 Å². The minimum Gasteiger partial charge on any atom is -0.293 e. The zero-order valence-corrected chi connectivity index (χ0v) is 10.7. The van der Waals surface area contributed by atoms with Gasteiger partial charge >= 0.3 is 0 Å². The lowest BCUT2D eigenvalue weighted by Crippen LogP contribution is -2.46. The lowest BCUT2D eigenvalue weighted by atomic mass is 9.96. The molecular formula is C15H21NO. The third-order valence-electron chi connectivity index (χ3n) is 3.80. The topological polar surface area (TPSA) is 20.3 Å². The van der Waals surface area contributed by atoms with E-state index in [4.69, 9.17) is 0 Å². The quantitative estimate of drug-likeness (QED) is 0.745. The molecule has 1 aromatic rings. The van der Waals surface area contributed by atoms with E-state index < -0.39 is 0 Å². The molecule has 0 bridgehead atoms. The number of nitrogens with zero attached hydrogens (tertiary/aromatic N) is 1. The van der Waals surface area contributed by atoms with Gasteiger partial charge in [0, 0.05) is 17.6 Å². The molecular weight excluding hydrogens is 210 g/mol. The summed E-state index contributed by atoms with van der Waals surface area (Å²) in [4.78, 5) is 14.5. The number of hydrogen-bond acceptors (Lipinski definition) is 2. The number of carbonyl (C=O) groups excluding carboxylic acids is 1. The first-order chi connectivity index (χ1) is 8.18. The van der Waals surface area contributed by atoms with Crippen molar-refractivity contribution in [1.29, 1.82) is 0 Å². The molecule has 0 aromatic heterocycles. The third-order valence-corrected chi connectivity index (χ3v) is 3.80. The van der Waals surface area contributed by atoms with Gasteiger partial charge in [0.1, 0.15) is 0 Å². The average Bonchev–Trinajstić information content (AvgIpc) is 2.35. The van der Waals surface area contributed by atoms with Crippen molar-refractivity contribution in [3.8, 4) is 0 Å². The van der Waals surface area contributed by atoms with Crippen molar-refractivity contribution in [3.05, 3.63) is 35.9 Å². The molecule has 0 spiro atoms. The van der Waals surface area contributed by atoms with Crippen LogP contribution in [0.2, 0.25) is 0 Å². The number of ketones is 1. The first-order valence-electron chi connectivity index (χ1n) is 6.52. The van der Waals surface area contributed by atoms with Crippen LogP contribution in [0, 0.1) is 0 Å². The van der Waals surface area contributed by atoms with Crippen molar-refractivity contribution in [2.75, 3.05) is 6.54 Å². The Hall–Kier alpha value is -1.15. The van der Waals surface area contributed by atoms with Crippen LogP contribution in [-0.4, -0.2) is 29.3 Å². The highest BCUT2D eigenvalue weighted by Crippen LogP contribution is 2.22. The molecule has 0 amide bonds. The van der Waals surface area contributed by atoms with Crippen molar-refractivity contribution < 1.29 is 4.79 Å². The molecule has 2 atom stereocenters. The van der Waals surface area contributed by atoms with Crippen LogP contribution in [0.5, 0.6) is 0 Å². The Morgan fingerprint density at radius 1 is 1.18 bits per heavy atom. The summed E-state index contributed by atoms with van der Waals surface area (Å²) in [5.74, 6) is 0.242. The van der Waals surface area contributed by atoms with Crippen LogP contribution in [0.4, 0.5) is 0 Å². The lowest BCUT2D eigenvalue weighted by Gasteiger charge is -2.38. The Bertz CT molecular complexity index is 364. The van der Waals surface area contributed by atoms with E-state index in [0.29, 0.717) is 18.6 Å². The number of hydrogen-bond donors (Lipinski definition) is 0. The van der Waals surface area contributed by atoms with Crippen LogP contribution < -0.4 is 0 Å². The van der Waals surface area contributed by atoms with Gasteiger partial charge in [0.25, 0.3) is 0 Å². The van der Waals surface area contributed by atoms with E-state index in [2.05, 4.69) is 18.7 Å². The maximum absolute atomic E-state index is 12.2. The first kappa shape index (κ1) is 12.3. The van der Waals surface area contributed by atoms with E-state index in [0.717, 1.165) is 5.56 Å². The fourth-order valence-corrected chi connectivity index (χ4v) is 2.67. The van der Waals surface area contributed by atoms with Gasteiger partial charge in [-0.2, -0.15) is 0 Å². The van der Waals surface area contributed by atoms with Gasteiger partial charge in [-0.3, -0.25) is 9.69 Å². The molecule has 1 fully saturated rings. The SMILES string of the molecule is C[C@@H]1CCC[C@H](C)N1CC(=O)c1ccccc1. The maximum atomic E-state index is 12.2. The fraction of sp³-hybridized carbons (Fsp3) is 0.533. The number of likely N-dealkylation sites (tertiary alicyclic amines) is 1. The second-order valence-electron chi connectivity index (χ2n) is 5.09. The Balaban J connectivity index is 2.03. The lowest BCUT2D eigenvalue weighted by molar-refractivity contribution is 0.0734. The van der Waals surface area contributed by atoms with Crippen molar-refractivity contribution in [2.24, 2.45) is 0 Å². The van der Waals surface area contributed by atoms with Crippen molar-refractivity contribution in [3.63, 3.8) is 0 Å². The summed E-state index contributed by atoms with van der Waals surface area (Å²) in [6.07, 6.45) is 3.72. The number of Topliss-reactive ketones (excluding diaryl/α,β-unsaturated/α-hetero) is 1. The van der Waals surface area contributed by atoms with E-state index in [-0.39, 0.29) is 5.78 Å². The molecule has 0 aliphatic carbocycles. The van der Waals surface area contributed by atoms with Crippen molar-refractivity contribution in [1.82, 2.24) is 4.90 Å². The Kier molecular flexibility index (Phi) is 3.95. The molecule has 17 heavy (non-hydrogen) atoms. The molecule has 0 N–H and O–H groups in total. The Morgan fingerprint density at radius 2 is 1.76 bits per heavy atom. The Labute approximate surface area is 104 Å². The molecule has 1 aliphatic heterocycles. The summed E-state index contributed by atoms with van der Waals surface area (Å²) in [5.41, 5.74) is 0.831. The average molecular weight is 231 g/mol. The van der Waals surface area contributed by atoms with Crippen LogP contribution in [-0.2, 0) is 0 Å². The predicted octanol–water partition coefficient (Wildman–Crippen LogP) is 3.13. The van der Waals surface area contributed by atoms with Crippen molar-refractivity contribution in [2.45, 2.75) is 45.2 Å². The van der Waals surface area contributed by atoms with Crippen LogP contribution in [0.25, 0.3) is 0 Å². The predicted molar refractivity (Wildman–Crippen MR) is 70.3 cm³/mol. The van der Waals surface area contributed by atoms with E-state index in [1.165, 1.54) is 19.3 Å². The van der Waals surface area contributed by atoms with Crippen LogP contribution in [0.15, 0.2) is 30.3 Å². The number of benzene rings is 1. The maximum Gasteiger partial charge on any atom is 0.176 e. The summed E-state index contributed by atoms with van der Waals surface area (Å²) in [6, 6.07) is 10.7. The largest absolute Gasteiger partial charge is 0.293 e. The number of carbonyl (C=O) groups is 1. The summed E-state index contributed by atoms with van der Waals surface area (Å²) in [6.45, 7) is 5.02. The standard InChI is InChI=1S/C15H21NO/c1-12-7-6-8-13(2)16(12)11-15(17)14-9-4-3-5-10-14/h3-5,9-10,12-13H,6-8,11H2,1-2H3/t12-,13+. The van der Waals surface area contributed by atoms with Crippen LogP contribution >= 0.6 is 0 Å². The summed E-state index contributed by atoms with van der Waals surface area (Å²) >= 11 is 0. The molecule has 0 unspecified atom stereocenters. The second-order valence-corrected chi connectivity index (χ2v) is 5.09. The minimum absolute atomic E-state index is 0.242. The summed E-state index contributed by atoms with van der Waals surface area (Å²) < 4.78 is 0. The van der Waals surface area contributed by atoms with Gasteiger partial charge in [0.2, 0.25) is 0 Å². The molecule has 92 valence electrons. The first-order valence-corrected chi connectivity index (χ1v) is 6.52. The fourth-order valence-electron chi connectivity index (χ4n) is 2.67. The highest BCUT2D eigenvalue weighted by molar-refractivity contribution is 5.97. The van der Waals surface area contributed by atoms with Gasteiger partial charge in [-0.1, -0.05) is 36.8 Å². The Morgan fingerprint density at radius 3 is 2.35 bits per heavy atom. The molecule has 2 nitrogen and oxygen atoms in total. The van der Waals surface area contributed by atoms with Crippen LogP contribution in [0.1, 0.15) is 43.5 Å². The monoisotopic (exact) mass is 231 g/mol. The zero-order valence-electron chi connectivity index (χ0n) is 10.7. The molecule has 2 rings (SSSR count). The van der Waals surface area contributed by atoms with Gasteiger partial charge < -0.3 is 0 Å². The minimum atomic E-state index is 0.242. The molecule has 2 heteroatoms. The molecule has 1 aliphatic rings. The zero-order chi connectivity index (χ0) is 12.3. The molecule has 0 radical (unpaired) electrons. The smallest absolute Gasteiger partial charge is 0.176 e. The van der Waals surface area contributed by atoms with Gasteiger partial charge in [0.15, 0.2) is 5.78 Å². The molecule has 1 saturated heterocycles. The van der Waals surface area contributed by atoms with E-state index in [9.17, 15) is 4.79 Å². The second kappa shape index (κ2) is 5.46. The van der Waals surface area contributed by atoms with Crippen LogP contribution in [0.3, 0.4) is 0 Å². The normalized spacial score (nSPS) is 25.8. The number of piperidine rings is 1. The highest BCUT2D eigenvalue weighted by atomic mass is 16.1. The van der Waals surface area contributed by atoms with E-state index in [1.54, 1.807) is 0 Å². The van der Waals surface area contributed by atoms with Gasteiger partial charge in [-0.25, -0.2) is 0 Å². The van der Waals surface area contributed by atoms with E-state index in [1.807, 2.05) is 30.3 Å².